The Hall–Kier alpha value is -1.55. The van der Waals surface area contributed by atoms with Crippen LogP contribution < -0.4 is 10.6 Å². The van der Waals surface area contributed by atoms with E-state index in [0.29, 0.717) is 30.6 Å². The van der Waals surface area contributed by atoms with Gasteiger partial charge in [-0.3, -0.25) is 0 Å². The Labute approximate surface area is 133 Å². The molecule has 0 heterocycles. The minimum Gasteiger partial charge on any atom is -0.376 e. The van der Waals surface area contributed by atoms with E-state index in [-0.39, 0.29) is 6.03 Å². The summed E-state index contributed by atoms with van der Waals surface area (Å²) in [7, 11) is 0. The van der Waals surface area contributed by atoms with Gasteiger partial charge in [0.25, 0.3) is 0 Å². The maximum Gasteiger partial charge on any atom is 0.319 e. The predicted octanol–water partition coefficient (Wildman–Crippen LogP) is 4.04. The molecule has 2 atom stereocenters. The highest BCUT2D eigenvalue weighted by Gasteiger charge is 2.33. The first kappa shape index (κ1) is 16.8. The molecule has 122 valence electrons. The van der Waals surface area contributed by atoms with Crippen LogP contribution in [-0.4, -0.2) is 25.3 Å². The number of para-hydroxylation sites is 1. The monoisotopic (exact) mass is 304 g/mol. The number of hydrogen-bond donors (Lipinski definition) is 2. The molecule has 4 heteroatoms. The van der Waals surface area contributed by atoms with Crippen molar-refractivity contribution in [2.75, 3.05) is 18.5 Å². The highest BCUT2D eigenvalue weighted by molar-refractivity contribution is 5.89. The third-order valence-electron chi connectivity index (χ3n) is 4.83. The van der Waals surface area contributed by atoms with Crippen molar-refractivity contribution in [3.8, 4) is 0 Å². The van der Waals surface area contributed by atoms with Crippen molar-refractivity contribution in [3.63, 3.8) is 0 Å². The summed E-state index contributed by atoms with van der Waals surface area (Å²) >= 11 is 0. The van der Waals surface area contributed by atoms with Gasteiger partial charge < -0.3 is 15.4 Å². The highest BCUT2D eigenvalue weighted by Crippen LogP contribution is 2.40. The lowest BCUT2D eigenvalue weighted by atomic mass is 9.69. The summed E-state index contributed by atoms with van der Waals surface area (Å²) in [6.07, 6.45) is 3.78. The van der Waals surface area contributed by atoms with E-state index < -0.39 is 0 Å². The van der Waals surface area contributed by atoms with E-state index in [1.165, 1.54) is 6.42 Å². The quantitative estimate of drug-likeness (QED) is 0.807. The van der Waals surface area contributed by atoms with E-state index in [1.807, 2.05) is 30.3 Å². The molecular weight excluding hydrogens is 276 g/mol. The molecule has 0 aliphatic heterocycles. The molecule has 2 amide bonds. The summed E-state index contributed by atoms with van der Waals surface area (Å²) < 4.78 is 5.90. The van der Waals surface area contributed by atoms with E-state index in [0.717, 1.165) is 18.5 Å². The van der Waals surface area contributed by atoms with Crippen LogP contribution in [0.1, 0.15) is 40.0 Å². The third kappa shape index (κ3) is 5.02. The summed E-state index contributed by atoms with van der Waals surface area (Å²) in [4.78, 5) is 11.7. The molecule has 0 radical (unpaired) electrons. The standard InChI is InChI=1S/C18H28N2O2/c1-14-13-16(9-10-18(14,2)3)22-12-11-19-17(21)20-15-7-5-4-6-8-15/h4-8,14,16H,9-13H2,1-3H3,(H2,19,20,21)/t14-,16?/m0/s1. The maximum absolute atomic E-state index is 11.7. The lowest BCUT2D eigenvalue weighted by molar-refractivity contribution is -0.0186. The zero-order valence-corrected chi connectivity index (χ0v) is 13.9. The number of carbonyl (C=O) groups is 1. The second-order valence-electron chi connectivity index (χ2n) is 6.90. The van der Waals surface area contributed by atoms with Crippen molar-refractivity contribution >= 4 is 11.7 Å². The van der Waals surface area contributed by atoms with Crippen molar-refractivity contribution < 1.29 is 9.53 Å². The average molecular weight is 304 g/mol. The summed E-state index contributed by atoms with van der Waals surface area (Å²) in [5, 5.41) is 5.62. The Morgan fingerprint density at radius 2 is 2.05 bits per heavy atom. The van der Waals surface area contributed by atoms with E-state index in [1.54, 1.807) is 0 Å². The zero-order chi connectivity index (χ0) is 16.0. The Balaban J connectivity index is 1.60. The Bertz CT molecular complexity index is 473. The number of amides is 2. The molecule has 1 aliphatic rings. The smallest absolute Gasteiger partial charge is 0.319 e. The van der Waals surface area contributed by atoms with Gasteiger partial charge in [-0.1, -0.05) is 39.0 Å². The van der Waals surface area contributed by atoms with Crippen LogP contribution in [0.4, 0.5) is 10.5 Å². The van der Waals surface area contributed by atoms with Crippen LogP contribution >= 0.6 is 0 Å². The lowest BCUT2D eigenvalue weighted by Crippen LogP contribution is -2.36. The molecule has 0 saturated heterocycles. The number of ether oxygens (including phenoxy) is 1. The van der Waals surface area contributed by atoms with Crippen LogP contribution in [-0.2, 0) is 4.74 Å². The normalized spacial score (nSPS) is 23.8. The van der Waals surface area contributed by atoms with Crippen molar-refractivity contribution in [2.45, 2.75) is 46.1 Å². The predicted molar refractivity (Wildman–Crippen MR) is 90.0 cm³/mol. The molecule has 1 aromatic rings. The lowest BCUT2D eigenvalue weighted by Gasteiger charge is -2.40. The molecule has 1 saturated carbocycles. The second-order valence-corrected chi connectivity index (χ2v) is 6.90. The molecular formula is C18H28N2O2. The largest absolute Gasteiger partial charge is 0.376 e. The molecule has 1 aliphatic carbocycles. The first-order valence-corrected chi connectivity index (χ1v) is 8.19. The maximum atomic E-state index is 11.7. The third-order valence-corrected chi connectivity index (χ3v) is 4.83. The van der Waals surface area contributed by atoms with Gasteiger partial charge in [0.2, 0.25) is 0 Å². The van der Waals surface area contributed by atoms with Crippen LogP contribution in [0, 0.1) is 11.3 Å². The van der Waals surface area contributed by atoms with Gasteiger partial charge in [0.05, 0.1) is 12.7 Å². The topological polar surface area (TPSA) is 50.4 Å². The number of rotatable bonds is 5. The fourth-order valence-corrected chi connectivity index (χ4v) is 2.85. The van der Waals surface area contributed by atoms with Gasteiger partial charge in [0.15, 0.2) is 0 Å². The number of carbonyl (C=O) groups excluding carboxylic acids is 1. The number of anilines is 1. The minimum atomic E-state index is -0.187. The van der Waals surface area contributed by atoms with Crippen LogP contribution in [0.2, 0.25) is 0 Å². The molecule has 4 nitrogen and oxygen atoms in total. The molecule has 2 rings (SSSR count). The molecule has 0 aromatic heterocycles. The highest BCUT2D eigenvalue weighted by atomic mass is 16.5. The van der Waals surface area contributed by atoms with Crippen molar-refractivity contribution in [1.82, 2.24) is 5.32 Å². The molecule has 1 fully saturated rings. The molecule has 0 bridgehead atoms. The summed E-state index contributed by atoms with van der Waals surface area (Å²) in [5.74, 6) is 0.681. The Morgan fingerprint density at radius 1 is 1.32 bits per heavy atom. The number of hydrogen-bond acceptors (Lipinski definition) is 2. The second kappa shape index (κ2) is 7.63. The van der Waals surface area contributed by atoms with E-state index in [9.17, 15) is 4.79 Å². The van der Waals surface area contributed by atoms with E-state index in [4.69, 9.17) is 4.74 Å². The van der Waals surface area contributed by atoms with Gasteiger partial charge in [0.1, 0.15) is 0 Å². The fraction of sp³-hybridized carbons (Fsp3) is 0.611. The van der Waals surface area contributed by atoms with Crippen molar-refractivity contribution in [1.29, 1.82) is 0 Å². The fourth-order valence-electron chi connectivity index (χ4n) is 2.85. The minimum absolute atomic E-state index is 0.187. The summed E-state index contributed by atoms with van der Waals surface area (Å²) in [6, 6.07) is 9.24. The van der Waals surface area contributed by atoms with Gasteiger partial charge in [-0.05, 0) is 42.7 Å². The molecule has 22 heavy (non-hydrogen) atoms. The van der Waals surface area contributed by atoms with Crippen LogP contribution in [0.5, 0.6) is 0 Å². The van der Waals surface area contributed by atoms with Crippen LogP contribution in [0.15, 0.2) is 30.3 Å². The van der Waals surface area contributed by atoms with Gasteiger partial charge in [0, 0.05) is 12.2 Å². The van der Waals surface area contributed by atoms with Gasteiger partial charge in [-0.25, -0.2) is 4.79 Å². The van der Waals surface area contributed by atoms with Gasteiger partial charge in [-0.2, -0.15) is 0 Å². The SMILES string of the molecule is C[C@H]1CC(OCCNC(=O)Nc2ccccc2)CCC1(C)C. The first-order chi connectivity index (χ1) is 10.5. The Morgan fingerprint density at radius 3 is 2.73 bits per heavy atom. The summed E-state index contributed by atoms with van der Waals surface area (Å²) in [6.45, 7) is 8.08. The number of nitrogens with one attached hydrogen (secondary N) is 2. The van der Waals surface area contributed by atoms with Crippen molar-refractivity contribution in [3.05, 3.63) is 30.3 Å². The van der Waals surface area contributed by atoms with Gasteiger partial charge >= 0.3 is 6.03 Å². The molecule has 1 aromatic carbocycles. The van der Waals surface area contributed by atoms with E-state index >= 15 is 0 Å². The van der Waals surface area contributed by atoms with Crippen LogP contribution in [0.3, 0.4) is 0 Å². The van der Waals surface area contributed by atoms with Crippen molar-refractivity contribution in [2.24, 2.45) is 11.3 Å². The number of benzene rings is 1. The molecule has 0 spiro atoms. The zero-order valence-electron chi connectivity index (χ0n) is 13.9. The van der Waals surface area contributed by atoms with Crippen LogP contribution in [0.25, 0.3) is 0 Å². The first-order valence-electron chi connectivity index (χ1n) is 8.19. The number of urea groups is 1. The Kier molecular flexibility index (Phi) is 5.83. The van der Waals surface area contributed by atoms with Gasteiger partial charge in [-0.15, -0.1) is 0 Å². The van der Waals surface area contributed by atoms with E-state index in [2.05, 4.69) is 31.4 Å². The average Bonchev–Trinajstić information content (AvgIpc) is 2.48. The molecule has 1 unspecified atom stereocenters. The molecule has 2 N–H and O–H groups in total. The summed E-state index contributed by atoms with van der Waals surface area (Å²) in [5.41, 5.74) is 1.22.